The Kier molecular flexibility index (Phi) is 7.59. The second kappa shape index (κ2) is 8.95. The van der Waals surface area contributed by atoms with E-state index in [1.807, 2.05) is 25.2 Å². The molecule has 0 amide bonds. The highest BCUT2D eigenvalue weighted by Crippen LogP contribution is 2.31. The Bertz CT molecular complexity index is 382. The van der Waals surface area contributed by atoms with E-state index in [4.69, 9.17) is 14.2 Å². The van der Waals surface area contributed by atoms with Gasteiger partial charge in [0, 0.05) is 19.8 Å². The average Bonchev–Trinajstić information content (AvgIpc) is 2.45. The van der Waals surface area contributed by atoms with Gasteiger partial charge in [0.05, 0.1) is 18.8 Å². The number of hydrogen-bond acceptors (Lipinski definition) is 4. The molecule has 4 heteroatoms. The molecule has 20 heavy (non-hydrogen) atoms. The molecule has 4 nitrogen and oxygen atoms in total. The highest BCUT2D eigenvalue weighted by Gasteiger charge is 2.26. The molecule has 1 aromatic rings. The molecule has 0 aliphatic carbocycles. The first kappa shape index (κ1) is 17.0. The van der Waals surface area contributed by atoms with Gasteiger partial charge in [-0.25, -0.2) is 0 Å². The van der Waals surface area contributed by atoms with Crippen LogP contribution in [0.5, 0.6) is 5.75 Å². The molecule has 0 aliphatic heterocycles. The molecule has 1 aromatic carbocycles. The minimum atomic E-state index is 0.0900. The van der Waals surface area contributed by atoms with Crippen LogP contribution in [0.3, 0.4) is 0 Å². The summed E-state index contributed by atoms with van der Waals surface area (Å²) in [5.74, 6) is 1.29. The second-order valence-electron chi connectivity index (χ2n) is 5.09. The molecule has 0 saturated carbocycles. The van der Waals surface area contributed by atoms with Gasteiger partial charge in [0.15, 0.2) is 0 Å². The molecule has 0 fully saturated rings. The number of benzene rings is 1. The summed E-state index contributed by atoms with van der Waals surface area (Å²) in [6.07, 6.45) is 0.0900. The molecule has 114 valence electrons. The highest BCUT2D eigenvalue weighted by atomic mass is 16.5. The topological polar surface area (TPSA) is 39.7 Å². The van der Waals surface area contributed by atoms with Crippen LogP contribution < -0.4 is 10.1 Å². The summed E-state index contributed by atoms with van der Waals surface area (Å²) in [5, 5.41) is 3.35. The molecule has 2 unspecified atom stereocenters. The van der Waals surface area contributed by atoms with Gasteiger partial charge < -0.3 is 19.5 Å². The third-order valence-corrected chi connectivity index (χ3v) is 3.37. The molecule has 1 N–H and O–H groups in total. The smallest absolute Gasteiger partial charge is 0.124 e. The summed E-state index contributed by atoms with van der Waals surface area (Å²) in [6, 6.07) is 8.17. The van der Waals surface area contributed by atoms with E-state index in [1.54, 1.807) is 14.2 Å². The van der Waals surface area contributed by atoms with Gasteiger partial charge in [-0.2, -0.15) is 0 Å². The summed E-state index contributed by atoms with van der Waals surface area (Å²) in [6.45, 7) is 5.44. The third kappa shape index (κ3) is 4.47. The Hall–Kier alpha value is -1.10. The van der Waals surface area contributed by atoms with Crippen molar-refractivity contribution in [1.82, 2.24) is 5.32 Å². The zero-order valence-corrected chi connectivity index (χ0v) is 13.2. The molecular formula is C16H27NO3. The van der Waals surface area contributed by atoms with Crippen LogP contribution in [0.2, 0.25) is 0 Å². The SMILES string of the molecule is CNC(c1ccccc1OCCOC)C(OC)C(C)C. The van der Waals surface area contributed by atoms with Gasteiger partial charge in [-0.15, -0.1) is 0 Å². The Balaban J connectivity index is 2.96. The standard InChI is InChI=1S/C16H27NO3/c1-12(2)16(19-5)15(17-3)13-8-6-7-9-14(13)20-11-10-18-4/h6-9,12,15-17H,10-11H2,1-5H3. The summed E-state index contributed by atoms with van der Waals surface area (Å²) >= 11 is 0. The van der Waals surface area contributed by atoms with Gasteiger partial charge in [-0.05, 0) is 19.0 Å². The number of likely N-dealkylation sites (N-methyl/N-ethyl adjacent to an activating group) is 1. The summed E-state index contributed by atoms with van der Waals surface area (Å²) in [5.41, 5.74) is 1.12. The number of nitrogens with one attached hydrogen (secondary N) is 1. The third-order valence-electron chi connectivity index (χ3n) is 3.37. The number of ether oxygens (including phenoxy) is 3. The van der Waals surface area contributed by atoms with Crippen molar-refractivity contribution in [1.29, 1.82) is 0 Å². The predicted octanol–water partition coefficient (Wildman–Crippen LogP) is 2.64. The fraction of sp³-hybridized carbons (Fsp3) is 0.625. The zero-order valence-electron chi connectivity index (χ0n) is 13.2. The molecule has 0 spiro atoms. The van der Waals surface area contributed by atoms with E-state index in [0.29, 0.717) is 19.1 Å². The van der Waals surface area contributed by atoms with Crippen molar-refractivity contribution in [2.75, 3.05) is 34.5 Å². The first-order valence-corrected chi connectivity index (χ1v) is 7.06. The first-order valence-electron chi connectivity index (χ1n) is 7.06. The normalized spacial score (nSPS) is 14.3. The maximum atomic E-state index is 5.81. The Labute approximate surface area is 122 Å². The van der Waals surface area contributed by atoms with E-state index in [0.717, 1.165) is 11.3 Å². The van der Waals surface area contributed by atoms with Crippen LogP contribution in [0.1, 0.15) is 25.5 Å². The van der Waals surface area contributed by atoms with Crippen molar-refractivity contribution in [3.05, 3.63) is 29.8 Å². The van der Waals surface area contributed by atoms with Crippen LogP contribution in [-0.2, 0) is 9.47 Å². The van der Waals surface area contributed by atoms with Crippen molar-refractivity contribution in [3.63, 3.8) is 0 Å². The maximum absolute atomic E-state index is 5.81. The number of methoxy groups -OCH3 is 2. The van der Waals surface area contributed by atoms with Crippen LogP contribution in [0, 0.1) is 5.92 Å². The fourth-order valence-corrected chi connectivity index (χ4v) is 2.39. The van der Waals surface area contributed by atoms with E-state index >= 15 is 0 Å². The number of hydrogen-bond donors (Lipinski definition) is 1. The van der Waals surface area contributed by atoms with Crippen LogP contribution >= 0.6 is 0 Å². The molecule has 0 radical (unpaired) electrons. The van der Waals surface area contributed by atoms with E-state index in [2.05, 4.69) is 25.2 Å². The Morgan fingerprint density at radius 2 is 1.80 bits per heavy atom. The molecular weight excluding hydrogens is 254 g/mol. The predicted molar refractivity (Wildman–Crippen MR) is 81.2 cm³/mol. The van der Waals surface area contributed by atoms with Gasteiger partial charge in [-0.1, -0.05) is 32.0 Å². The number of para-hydroxylation sites is 1. The monoisotopic (exact) mass is 281 g/mol. The highest BCUT2D eigenvalue weighted by molar-refractivity contribution is 5.36. The Morgan fingerprint density at radius 3 is 2.35 bits per heavy atom. The quantitative estimate of drug-likeness (QED) is 0.706. The zero-order chi connectivity index (χ0) is 15.0. The molecule has 0 saturated heterocycles. The first-order chi connectivity index (χ1) is 9.65. The van der Waals surface area contributed by atoms with Gasteiger partial charge in [0.25, 0.3) is 0 Å². The lowest BCUT2D eigenvalue weighted by molar-refractivity contribution is 0.0337. The molecule has 0 heterocycles. The number of rotatable bonds is 9. The van der Waals surface area contributed by atoms with Crippen LogP contribution in [-0.4, -0.2) is 40.6 Å². The molecule has 0 aromatic heterocycles. The Morgan fingerprint density at radius 1 is 1.10 bits per heavy atom. The largest absolute Gasteiger partial charge is 0.491 e. The van der Waals surface area contributed by atoms with E-state index < -0.39 is 0 Å². The van der Waals surface area contributed by atoms with Crippen LogP contribution in [0.25, 0.3) is 0 Å². The van der Waals surface area contributed by atoms with Crippen molar-refractivity contribution in [2.45, 2.75) is 26.0 Å². The molecule has 0 aliphatic rings. The van der Waals surface area contributed by atoms with E-state index in [1.165, 1.54) is 0 Å². The van der Waals surface area contributed by atoms with Crippen LogP contribution in [0.15, 0.2) is 24.3 Å². The second-order valence-corrected chi connectivity index (χ2v) is 5.09. The lowest BCUT2D eigenvalue weighted by Crippen LogP contribution is -2.35. The van der Waals surface area contributed by atoms with Gasteiger partial charge in [0.2, 0.25) is 0 Å². The molecule has 0 bridgehead atoms. The average molecular weight is 281 g/mol. The van der Waals surface area contributed by atoms with Crippen LogP contribution in [0.4, 0.5) is 0 Å². The molecule has 2 atom stereocenters. The summed E-state index contributed by atoms with van der Waals surface area (Å²) in [7, 11) is 5.37. The van der Waals surface area contributed by atoms with Crippen molar-refractivity contribution >= 4 is 0 Å². The fourth-order valence-electron chi connectivity index (χ4n) is 2.39. The van der Waals surface area contributed by atoms with Crippen molar-refractivity contribution < 1.29 is 14.2 Å². The summed E-state index contributed by atoms with van der Waals surface area (Å²) in [4.78, 5) is 0. The summed E-state index contributed by atoms with van der Waals surface area (Å²) < 4.78 is 16.5. The maximum Gasteiger partial charge on any atom is 0.124 e. The lowest BCUT2D eigenvalue weighted by atomic mass is 9.93. The lowest BCUT2D eigenvalue weighted by Gasteiger charge is -2.30. The minimum Gasteiger partial charge on any atom is -0.491 e. The van der Waals surface area contributed by atoms with Crippen molar-refractivity contribution in [3.8, 4) is 5.75 Å². The van der Waals surface area contributed by atoms with Crippen molar-refractivity contribution in [2.24, 2.45) is 5.92 Å². The van der Waals surface area contributed by atoms with Gasteiger partial charge in [-0.3, -0.25) is 0 Å². The van der Waals surface area contributed by atoms with Gasteiger partial charge in [0.1, 0.15) is 12.4 Å². The van der Waals surface area contributed by atoms with Gasteiger partial charge >= 0.3 is 0 Å². The molecule has 1 rings (SSSR count). The minimum absolute atomic E-state index is 0.0900. The van der Waals surface area contributed by atoms with E-state index in [9.17, 15) is 0 Å². The van der Waals surface area contributed by atoms with E-state index in [-0.39, 0.29) is 12.1 Å².